The first-order valence-electron chi connectivity index (χ1n) is 8.81. The first kappa shape index (κ1) is 19.9. The third kappa shape index (κ3) is 5.80. The van der Waals surface area contributed by atoms with E-state index in [1.54, 1.807) is 24.3 Å². The first-order chi connectivity index (χ1) is 11.8. The van der Waals surface area contributed by atoms with Crippen molar-refractivity contribution >= 4 is 15.7 Å². The summed E-state index contributed by atoms with van der Waals surface area (Å²) in [7, 11) is -1.21. The number of hydrogen-bond donors (Lipinski definition) is 2. The van der Waals surface area contributed by atoms with E-state index in [9.17, 15) is 13.2 Å². The van der Waals surface area contributed by atoms with Crippen molar-refractivity contribution in [1.29, 1.82) is 0 Å². The van der Waals surface area contributed by atoms with Gasteiger partial charge in [-0.3, -0.25) is 9.69 Å². The Kier molecular flexibility index (Phi) is 6.98. The third-order valence-corrected chi connectivity index (χ3v) is 5.91. The maximum atomic E-state index is 12.4. The van der Waals surface area contributed by atoms with Crippen molar-refractivity contribution in [3.05, 3.63) is 29.8 Å². The number of carbonyl (C=O) groups excluding carboxylic acids is 1. The quantitative estimate of drug-likeness (QED) is 0.760. The highest BCUT2D eigenvalue weighted by Crippen LogP contribution is 2.19. The summed E-state index contributed by atoms with van der Waals surface area (Å²) in [5.41, 5.74) is 0.924. The minimum absolute atomic E-state index is 0.0000669. The maximum Gasteiger partial charge on any atom is 0.234 e. The molecule has 1 aromatic carbocycles. The molecule has 140 valence electrons. The highest BCUT2D eigenvalue weighted by Gasteiger charge is 2.21. The normalized spacial score (nSPS) is 17.4. The summed E-state index contributed by atoms with van der Waals surface area (Å²) in [4.78, 5) is 14.8. The van der Waals surface area contributed by atoms with Gasteiger partial charge in [-0.25, -0.2) is 8.42 Å². The summed E-state index contributed by atoms with van der Waals surface area (Å²) in [6.45, 7) is 4.39. The molecule has 25 heavy (non-hydrogen) atoms. The number of benzene rings is 1. The lowest BCUT2D eigenvalue weighted by atomic mass is 10.0. The molecule has 2 N–H and O–H groups in total. The average molecular weight is 368 g/mol. The van der Waals surface area contributed by atoms with Crippen molar-refractivity contribution in [2.45, 2.75) is 43.2 Å². The van der Waals surface area contributed by atoms with Crippen molar-refractivity contribution in [2.24, 2.45) is 0 Å². The minimum Gasteiger partial charge on any atom is -0.348 e. The van der Waals surface area contributed by atoms with Gasteiger partial charge in [0.05, 0.1) is 17.5 Å². The van der Waals surface area contributed by atoms with Crippen LogP contribution in [0.4, 0.5) is 0 Å². The van der Waals surface area contributed by atoms with Crippen molar-refractivity contribution in [1.82, 2.24) is 15.5 Å². The molecule has 1 heterocycles. The number of likely N-dealkylation sites (N-methyl/N-ethyl adjacent to an activating group) is 1. The Morgan fingerprint density at radius 2 is 1.88 bits per heavy atom. The van der Waals surface area contributed by atoms with Crippen LogP contribution in [0.5, 0.6) is 0 Å². The number of rotatable bonds is 7. The number of carbonyl (C=O) groups is 1. The number of hydrogen-bond acceptors (Lipinski definition) is 5. The Labute approximate surface area is 150 Å². The minimum atomic E-state index is -3.20. The highest BCUT2D eigenvalue weighted by atomic mass is 32.2. The first-order valence-corrected chi connectivity index (χ1v) is 10.7. The predicted octanol–water partition coefficient (Wildman–Crippen LogP) is 1.34. The third-order valence-electron chi connectivity index (χ3n) is 4.78. The summed E-state index contributed by atoms with van der Waals surface area (Å²) in [6, 6.07) is 7.09. The fourth-order valence-corrected chi connectivity index (χ4v) is 3.84. The number of nitrogens with one attached hydrogen (secondary N) is 2. The molecule has 7 heteroatoms. The molecule has 0 saturated carbocycles. The predicted molar refractivity (Wildman–Crippen MR) is 99.2 cm³/mol. The molecule has 1 atom stereocenters. The maximum absolute atomic E-state index is 12.4. The van der Waals surface area contributed by atoms with Crippen LogP contribution in [0.15, 0.2) is 29.2 Å². The van der Waals surface area contributed by atoms with Gasteiger partial charge in [0.2, 0.25) is 5.91 Å². The summed E-state index contributed by atoms with van der Waals surface area (Å²) in [6.07, 6.45) is 4.07. The topological polar surface area (TPSA) is 78.5 Å². The molecule has 1 saturated heterocycles. The zero-order valence-corrected chi connectivity index (χ0v) is 16.1. The van der Waals surface area contributed by atoms with Crippen molar-refractivity contribution < 1.29 is 13.2 Å². The van der Waals surface area contributed by atoms with Crippen LogP contribution in [0.25, 0.3) is 0 Å². The van der Waals surface area contributed by atoms with Crippen LogP contribution in [-0.4, -0.2) is 58.2 Å². The summed E-state index contributed by atoms with van der Waals surface area (Å²) in [5, 5.41) is 6.40. The Balaban J connectivity index is 1.95. The van der Waals surface area contributed by atoms with E-state index >= 15 is 0 Å². The standard InChI is InChI=1S/C18H29N3O3S/c1-4-17(14-5-7-16(8-6-14)25(3,23)24)20-18(22)13-21(2)15-9-11-19-12-10-15/h5-8,15,17,19H,4,9-13H2,1-3H3,(H,20,22)/t17-/m1/s1. The van der Waals surface area contributed by atoms with Gasteiger partial charge >= 0.3 is 0 Å². The van der Waals surface area contributed by atoms with E-state index in [2.05, 4.69) is 15.5 Å². The molecule has 1 aliphatic rings. The van der Waals surface area contributed by atoms with Crippen LogP contribution < -0.4 is 10.6 Å². The van der Waals surface area contributed by atoms with Gasteiger partial charge in [-0.05, 0) is 57.1 Å². The molecule has 1 aliphatic heterocycles. The zero-order chi connectivity index (χ0) is 18.4. The number of amides is 1. The molecule has 0 spiro atoms. The zero-order valence-electron chi connectivity index (χ0n) is 15.3. The lowest BCUT2D eigenvalue weighted by Gasteiger charge is -2.31. The average Bonchev–Trinajstić information content (AvgIpc) is 2.59. The van der Waals surface area contributed by atoms with Gasteiger partial charge in [-0.15, -0.1) is 0 Å². The molecule has 0 aromatic heterocycles. The fourth-order valence-electron chi connectivity index (χ4n) is 3.21. The molecule has 1 fully saturated rings. The Hall–Kier alpha value is -1.44. The van der Waals surface area contributed by atoms with E-state index in [0.717, 1.165) is 37.9 Å². The second kappa shape index (κ2) is 8.78. The van der Waals surface area contributed by atoms with E-state index in [1.807, 2.05) is 14.0 Å². The lowest BCUT2D eigenvalue weighted by Crippen LogP contribution is -2.45. The number of piperidine rings is 1. The van der Waals surface area contributed by atoms with Crippen LogP contribution in [0.1, 0.15) is 37.8 Å². The molecule has 1 amide bonds. The summed E-state index contributed by atoms with van der Waals surface area (Å²) < 4.78 is 23.1. The van der Waals surface area contributed by atoms with Gasteiger partial charge in [0.1, 0.15) is 0 Å². The van der Waals surface area contributed by atoms with E-state index in [4.69, 9.17) is 0 Å². The van der Waals surface area contributed by atoms with Gasteiger partial charge in [-0.1, -0.05) is 19.1 Å². The van der Waals surface area contributed by atoms with Gasteiger partial charge in [-0.2, -0.15) is 0 Å². The Morgan fingerprint density at radius 1 is 1.28 bits per heavy atom. The second-order valence-corrected chi connectivity index (χ2v) is 8.78. The van der Waals surface area contributed by atoms with E-state index in [-0.39, 0.29) is 11.9 Å². The van der Waals surface area contributed by atoms with Crippen molar-refractivity contribution in [2.75, 3.05) is 32.9 Å². The molecule has 2 rings (SSSR count). The van der Waals surface area contributed by atoms with Gasteiger partial charge in [0.25, 0.3) is 0 Å². The molecule has 0 unspecified atom stereocenters. The molecule has 0 radical (unpaired) electrons. The number of sulfone groups is 1. The molecular formula is C18H29N3O3S. The summed E-state index contributed by atoms with van der Waals surface area (Å²) >= 11 is 0. The molecule has 0 bridgehead atoms. The second-order valence-electron chi connectivity index (χ2n) is 6.77. The van der Waals surface area contributed by atoms with Crippen molar-refractivity contribution in [3.63, 3.8) is 0 Å². The van der Waals surface area contributed by atoms with Crippen molar-refractivity contribution in [3.8, 4) is 0 Å². The largest absolute Gasteiger partial charge is 0.348 e. The van der Waals surface area contributed by atoms with E-state index in [0.29, 0.717) is 17.5 Å². The fraction of sp³-hybridized carbons (Fsp3) is 0.611. The molecular weight excluding hydrogens is 338 g/mol. The Morgan fingerprint density at radius 3 is 2.40 bits per heavy atom. The van der Waals surface area contributed by atoms with Crippen LogP contribution in [0, 0.1) is 0 Å². The van der Waals surface area contributed by atoms with E-state index < -0.39 is 9.84 Å². The van der Waals surface area contributed by atoms with E-state index in [1.165, 1.54) is 6.26 Å². The monoisotopic (exact) mass is 367 g/mol. The number of nitrogens with zero attached hydrogens (tertiary/aromatic N) is 1. The smallest absolute Gasteiger partial charge is 0.234 e. The van der Waals surface area contributed by atoms with Crippen LogP contribution in [0.2, 0.25) is 0 Å². The highest BCUT2D eigenvalue weighted by molar-refractivity contribution is 7.90. The molecule has 0 aliphatic carbocycles. The molecule has 1 aromatic rings. The van der Waals surface area contributed by atoms with Crippen LogP contribution in [0.3, 0.4) is 0 Å². The van der Waals surface area contributed by atoms with Gasteiger partial charge < -0.3 is 10.6 Å². The Bertz CT molecular complexity index is 667. The van der Waals surface area contributed by atoms with Crippen LogP contribution >= 0.6 is 0 Å². The lowest BCUT2D eigenvalue weighted by molar-refractivity contribution is -0.123. The van der Waals surface area contributed by atoms with Gasteiger partial charge in [0.15, 0.2) is 9.84 Å². The van der Waals surface area contributed by atoms with Crippen LogP contribution in [-0.2, 0) is 14.6 Å². The summed E-state index contributed by atoms with van der Waals surface area (Å²) in [5.74, 6) is 0.0000669. The van der Waals surface area contributed by atoms with Gasteiger partial charge in [0, 0.05) is 12.3 Å². The SMILES string of the molecule is CC[C@@H](NC(=O)CN(C)C1CCNCC1)c1ccc(S(C)(=O)=O)cc1. The molecule has 6 nitrogen and oxygen atoms in total.